The molecule has 0 spiro atoms. The van der Waals surface area contributed by atoms with Crippen molar-refractivity contribution < 1.29 is 4.74 Å². The highest BCUT2D eigenvalue weighted by molar-refractivity contribution is 6.39. The van der Waals surface area contributed by atoms with Crippen molar-refractivity contribution in [2.75, 3.05) is 0 Å². The van der Waals surface area contributed by atoms with Crippen LogP contribution in [0.15, 0.2) is 69.7 Å². The van der Waals surface area contributed by atoms with E-state index in [0.29, 0.717) is 20.1 Å². The number of halogens is 6. The fourth-order valence-electron chi connectivity index (χ4n) is 2.30. The van der Waals surface area contributed by atoms with Crippen LogP contribution in [0.5, 0.6) is 0 Å². The van der Waals surface area contributed by atoms with Gasteiger partial charge in [0.25, 0.3) is 0 Å². The number of hydrogen-bond acceptors (Lipinski definition) is 1. The number of ether oxygens (including phenoxy) is 1. The molecule has 0 heterocycles. The van der Waals surface area contributed by atoms with E-state index in [2.05, 4.69) is 13.2 Å². The van der Waals surface area contributed by atoms with E-state index in [4.69, 9.17) is 74.3 Å². The summed E-state index contributed by atoms with van der Waals surface area (Å²) in [6, 6.07) is 0. The normalized spacial score (nSPS) is 37.3. The lowest BCUT2D eigenvalue weighted by Crippen LogP contribution is -2.46. The molecule has 23 heavy (non-hydrogen) atoms. The highest BCUT2D eigenvalue weighted by Gasteiger charge is 2.45. The summed E-state index contributed by atoms with van der Waals surface area (Å²) in [6.07, 6.45) is 7.70. The molecule has 0 amide bonds. The van der Waals surface area contributed by atoms with Crippen LogP contribution in [-0.4, -0.2) is 22.0 Å². The van der Waals surface area contributed by atoms with Crippen molar-refractivity contribution in [1.82, 2.24) is 0 Å². The molecule has 0 aromatic rings. The van der Waals surface area contributed by atoms with Gasteiger partial charge in [-0.05, 0) is 24.3 Å². The van der Waals surface area contributed by atoms with Gasteiger partial charge in [0, 0.05) is 10.1 Å². The predicted octanol–water partition coefficient (Wildman–Crippen LogP) is 6.59. The Labute approximate surface area is 165 Å². The lowest BCUT2D eigenvalue weighted by molar-refractivity contribution is 0.0200. The van der Waals surface area contributed by atoms with Gasteiger partial charge in [0.05, 0.1) is 10.1 Å². The minimum atomic E-state index is -1.13. The van der Waals surface area contributed by atoms with E-state index in [1.807, 2.05) is 0 Å². The quantitative estimate of drug-likeness (QED) is 0.360. The van der Waals surface area contributed by atoms with Crippen molar-refractivity contribution in [1.29, 1.82) is 0 Å². The zero-order valence-electron chi connectivity index (χ0n) is 11.7. The smallest absolute Gasteiger partial charge is 0.120 e. The summed E-state index contributed by atoms with van der Waals surface area (Å²) in [5.41, 5.74) is 0. The van der Waals surface area contributed by atoms with Crippen LogP contribution in [0.4, 0.5) is 0 Å². The van der Waals surface area contributed by atoms with Gasteiger partial charge in [-0.3, -0.25) is 0 Å². The topological polar surface area (TPSA) is 9.23 Å². The Morgan fingerprint density at radius 3 is 1.48 bits per heavy atom. The van der Waals surface area contributed by atoms with Crippen molar-refractivity contribution >= 4 is 69.6 Å². The van der Waals surface area contributed by atoms with E-state index in [-0.39, 0.29) is 0 Å². The van der Waals surface area contributed by atoms with Gasteiger partial charge in [-0.15, -0.1) is 36.4 Å². The summed E-state index contributed by atoms with van der Waals surface area (Å²) >= 11 is 37.7. The Bertz CT molecular complexity index is 605. The Hall–Kier alpha value is 0.140. The molecule has 2 aliphatic carbocycles. The van der Waals surface area contributed by atoms with Crippen LogP contribution in [0.25, 0.3) is 0 Å². The van der Waals surface area contributed by atoms with Crippen LogP contribution in [0.3, 0.4) is 0 Å². The summed E-state index contributed by atoms with van der Waals surface area (Å²) in [5.74, 6) is 0. The minimum absolute atomic E-state index is 0.306. The standard InChI is InChI=1S/C16H12Cl6O/c1-3-15(21)7-9(17)5-11(19)13(15)23-14-12(20)6-10(18)8-16(14,22)4-2/h3-8,13-14H,1-2H2. The van der Waals surface area contributed by atoms with Gasteiger partial charge in [-0.1, -0.05) is 58.6 Å². The summed E-state index contributed by atoms with van der Waals surface area (Å²) in [7, 11) is 0. The fourth-order valence-corrected chi connectivity index (χ4v) is 4.50. The second kappa shape index (κ2) is 7.17. The van der Waals surface area contributed by atoms with Crippen molar-refractivity contribution in [2.45, 2.75) is 22.0 Å². The molecule has 0 saturated carbocycles. The summed E-state index contributed by atoms with van der Waals surface area (Å²) < 4.78 is 6.05. The van der Waals surface area contributed by atoms with Crippen LogP contribution < -0.4 is 0 Å². The van der Waals surface area contributed by atoms with E-state index >= 15 is 0 Å². The van der Waals surface area contributed by atoms with Crippen LogP contribution in [0.1, 0.15) is 0 Å². The Morgan fingerprint density at radius 1 is 0.826 bits per heavy atom. The fraction of sp³-hybridized carbons (Fsp3) is 0.250. The first-order valence-electron chi connectivity index (χ1n) is 6.46. The van der Waals surface area contributed by atoms with Crippen LogP contribution in [0.2, 0.25) is 0 Å². The van der Waals surface area contributed by atoms with E-state index < -0.39 is 22.0 Å². The first-order chi connectivity index (χ1) is 10.6. The van der Waals surface area contributed by atoms with Crippen LogP contribution in [0, 0.1) is 0 Å². The summed E-state index contributed by atoms with van der Waals surface area (Å²) in [5, 5.41) is 1.39. The molecule has 0 saturated heterocycles. The second-order valence-corrected chi connectivity index (χ2v) is 8.13. The molecule has 2 aliphatic rings. The average molecular weight is 433 g/mol. The maximum atomic E-state index is 6.55. The SMILES string of the molecule is C=CC1(Cl)C=C(Cl)C=C(Cl)C1OC1C(Cl)=CC(Cl)=CC1(Cl)C=C. The van der Waals surface area contributed by atoms with Gasteiger partial charge in [0.1, 0.15) is 22.0 Å². The number of hydrogen-bond donors (Lipinski definition) is 0. The Morgan fingerprint density at radius 2 is 1.17 bits per heavy atom. The van der Waals surface area contributed by atoms with E-state index in [1.54, 1.807) is 24.3 Å². The second-order valence-electron chi connectivity index (χ2n) is 5.08. The molecular formula is C16H12Cl6O. The van der Waals surface area contributed by atoms with Crippen LogP contribution >= 0.6 is 69.6 Å². The molecule has 124 valence electrons. The summed E-state index contributed by atoms with van der Waals surface area (Å²) in [6.45, 7) is 7.44. The molecule has 7 heteroatoms. The van der Waals surface area contributed by atoms with Crippen molar-refractivity contribution in [3.8, 4) is 0 Å². The van der Waals surface area contributed by atoms with Crippen molar-refractivity contribution in [2.24, 2.45) is 0 Å². The number of rotatable bonds is 4. The molecule has 2 rings (SSSR count). The lowest BCUT2D eigenvalue weighted by Gasteiger charge is -2.40. The van der Waals surface area contributed by atoms with Crippen molar-refractivity contribution in [3.05, 3.63) is 69.7 Å². The zero-order valence-corrected chi connectivity index (χ0v) is 16.2. The molecule has 0 aromatic heterocycles. The first-order valence-corrected chi connectivity index (χ1v) is 8.73. The van der Waals surface area contributed by atoms with Gasteiger partial charge >= 0.3 is 0 Å². The minimum Gasteiger partial charge on any atom is -0.359 e. The molecule has 0 radical (unpaired) electrons. The molecule has 0 aromatic carbocycles. The highest BCUT2D eigenvalue weighted by Crippen LogP contribution is 2.44. The number of allylic oxidation sites excluding steroid dienone is 4. The Balaban J connectivity index is 2.41. The molecular weight excluding hydrogens is 421 g/mol. The average Bonchev–Trinajstić information content (AvgIpc) is 2.44. The molecule has 0 fully saturated rings. The highest BCUT2D eigenvalue weighted by atomic mass is 35.5. The third-order valence-corrected chi connectivity index (χ3v) is 5.45. The van der Waals surface area contributed by atoms with Gasteiger partial charge in [-0.25, -0.2) is 0 Å². The maximum absolute atomic E-state index is 6.55. The molecule has 0 aliphatic heterocycles. The predicted molar refractivity (Wildman–Crippen MR) is 102 cm³/mol. The van der Waals surface area contributed by atoms with Crippen molar-refractivity contribution in [3.63, 3.8) is 0 Å². The van der Waals surface area contributed by atoms with Crippen LogP contribution in [-0.2, 0) is 4.74 Å². The molecule has 0 N–H and O–H groups in total. The molecule has 0 bridgehead atoms. The van der Waals surface area contributed by atoms with E-state index in [9.17, 15) is 0 Å². The largest absolute Gasteiger partial charge is 0.359 e. The molecule has 4 unspecified atom stereocenters. The van der Waals surface area contributed by atoms with E-state index in [1.165, 1.54) is 12.2 Å². The third kappa shape index (κ3) is 3.88. The maximum Gasteiger partial charge on any atom is 0.120 e. The van der Waals surface area contributed by atoms with E-state index in [0.717, 1.165) is 0 Å². The van der Waals surface area contributed by atoms with Gasteiger partial charge < -0.3 is 4.74 Å². The zero-order chi connectivity index (χ0) is 17.4. The Kier molecular flexibility index (Phi) is 6.07. The first kappa shape index (κ1) is 19.5. The monoisotopic (exact) mass is 430 g/mol. The van der Waals surface area contributed by atoms with Gasteiger partial charge in [-0.2, -0.15) is 0 Å². The number of alkyl halides is 2. The lowest BCUT2D eigenvalue weighted by atomic mass is 9.93. The third-order valence-electron chi connectivity index (χ3n) is 3.47. The summed E-state index contributed by atoms with van der Waals surface area (Å²) in [4.78, 5) is -2.27. The molecule has 1 nitrogen and oxygen atoms in total. The molecule has 4 atom stereocenters. The van der Waals surface area contributed by atoms with Gasteiger partial charge in [0.15, 0.2) is 0 Å². The van der Waals surface area contributed by atoms with Gasteiger partial charge in [0.2, 0.25) is 0 Å².